The number of nitrogens with one attached hydrogen (secondary N) is 2. The van der Waals surface area contributed by atoms with Crippen molar-refractivity contribution in [2.24, 2.45) is 5.92 Å². The highest BCUT2D eigenvalue weighted by atomic mass is 35.5. The van der Waals surface area contributed by atoms with Crippen LogP contribution in [0.2, 0.25) is 5.02 Å². The average Bonchev–Trinajstić information content (AvgIpc) is 4.00. The number of piperazine rings is 1. The van der Waals surface area contributed by atoms with E-state index < -0.39 is 29.4 Å². The molecule has 6 amide bonds. The van der Waals surface area contributed by atoms with Crippen LogP contribution in [0.1, 0.15) is 45.7 Å². The molecular formula is C47H48ClF3N10O5. The second kappa shape index (κ2) is 18.3. The molecule has 344 valence electrons. The maximum absolute atomic E-state index is 16.6. The van der Waals surface area contributed by atoms with E-state index in [1.807, 2.05) is 6.08 Å². The third kappa shape index (κ3) is 8.74. The fourth-order valence-electron chi connectivity index (χ4n) is 9.23. The summed E-state index contributed by atoms with van der Waals surface area (Å²) in [5.74, 6) is -3.72. The zero-order valence-corrected chi connectivity index (χ0v) is 37.2. The Morgan fingerprint density at radius 2 is 1.65 bits per heavy atom. The smallest absolute Gasteiger partial charge is 0.328 e. The number of likely N-dealkylation sites (tertiary alicyclic amines) is 1. The summed E-state index contributed by atoms with van der Waals surface area (Å²) in [6, 6.07) is 11.9. The van der Waals surface area contributed by atoms with Crippen molar-refractivity contribution in [3.8, 4) is 11.1 Å². The Kier molecular flexibility index (Phi) is 12.4. The molecule has 15 nitrogen and oxygen atoms in total. The van der Waals surface area contributed by atoms with Crippen LogP contribution in [0.5, 0.6) is 0 Å². The Morgan fingerprint density at radius 1 is 0.864 bits per heavy atom. The van der Waals surface area contributed by atoms with Crippen LogP contribution in [-0.4, -0.2) is 144 Å². The quantitative estimate of drug-likeness (QED) is 0.168. The normalized spacial score (nSPS) is 17.3. The first-order chi connectivity index (χ1) is 31.7. The monoisotopic (exact) mass is 924 g/mol. The summed E-state index contributed by atoms with van der Waals surface area (Å²) in [5.41, 5.74) is 1.62. The molecule has 0 radical (unpaired) electrons. The van der Waals surface area contributed by atoms with Gasteiger partial charge in [-0.05, 0) is 66.1 Å². The molecule has 2 N–H and O–H groups in total. The summed E-state index contributed by atoms with van der Waals surface area (Å²) in [6.45, 7) is 4.90. The number of hydrogen-bond acceptors (Lipinski definition) is 8. The summed E-state index contributed by atoms with van der Waals surface area (Å²) in [6.07, 6.45) is 6.05. The van der Waals surface area contributed by atoms with Crippen molar-refractivity contribution < 1.29 is 37.1 Å². The summed E-state index contributed by atoms with van der Waals surface area (Å²) in [5, 5.41) is 6.93. The Hall–Kier alpha value is -6.66. The molecule has 4 aliphatic rings. The van der Waals surface area contributed by atoms with E-state index >= 15 is 13.2 Å². The van der Waals surface area contributed by atoms with E-state index in [4.69, 9.17) is 11.6 Å². The Labute approximate surface area is 383 Å². The molecule has 19 heteroatoms. The number of aromatic amines is 1. The van der Waals surface area contributed by atoms with E-state index in [0.29, 0.717) is 82.1 Å². The van der Waals surface area contributed by atoms with Crippen molar-refractivity contribution in [1.82, 2.24) is 39.7 Å². The highest BCUT2D eigenvalue weighted by Crippen LogP contribution is 2.40. The van der Waals surface area contributed by atoms with E-state index in [1.165, 1.54) is 34.1 Å². The van der Waals surface area contributed by atoms with Crippen LogP contribution in [0.4, 0.5) is 29.3 Å². The maximum Gasteiger partial charge on any atom is 0.328 e. The maximum atomic E-state index is 16.6. The zero-order chi connectivity index (χ0) is 46.4. The number of amides is 6. The molecule has 4 aliphatic heterocycles. The lowest BCUT2D eigenvalue weighted by molar-refractivity contribution is -0.131. The first-order valence-corrected chi connectivity index (χ1v) is 22.3. The molecule has 5 aromatic rings. The molecular weight excluding hydrogens is 877 g/mol. The third-order valence-corrected chi connectivity index (χ3v) is 13.1. The number of urea groups is 1. The van der Waals surface area contributed by atoms with Crippen molar-refractivity contribution in [3.05, 3.63) is 106 Å². The SMILES string of the molecule is CN(C)C(=O)c1cc2c(-c3ccc(N4CCN(CC5CN(C(=O)c6ccc(Cl)c(N7CCC(=O)NC7=O)c6)C5)CC4)c(F)c3F)cc(C3=CCCN(C(=O)CCn4cccn4)C3)c(F)c2[nH]1. The number of fused-ring (bicyclic) bond motifs is 1. The molecule has 3 saturated heterocycles. The summed E-state index contributed by atoms with van der Waals surface area (Å²) < 4.78 is 51.1. The topological polar surface area (TPSA) is 150 Å². The first-order valence-electron chi connectivity index (χ1n) is 21.9. The number of H-pyrrole nitrogens is 1. The van der Waals surface area contributed by atoms with Gasteiger partial charge in [0, 0.05) is 139 Å². The van der Waals surface area contributed by atoms with Crippen LogP contribution in [-0.2, 0) is 16.1 Å². The van der Waals surface area contributed by atoms with Crippen molar-refractivity contribution >= 4 is 69.1 Å². The van der Waals surface area contributed by atoms with E-state index in [9.17, 15) is 24.0 Å². The van der Waals surface area contributed by atoms with Crippen molar-refractivity contribution in [3.63, 3.8) is 0 Å². The first kappa shape index (κ1) is 44.5. The van der Waals surface area contributed by atoms with Crippen molar-refractivity contribution in [2.75, 3.05) is 89.3 Å². The Morgan fingerprint density at radius 3 is 2.38 bits per heavy atom. The van der Waals surface area contributed by atoms with Crippen LogP contribution < -0.4 is 15.1 Å². The van der Waals surface area contributed by atoms with Gasteiger partial charge in [0.15, 0.2) is 17.5 Å². The number of nitrogens with zero attached hydrogens (tertiary/aromatic N) is 8. The zero-order valence-electron chi connectivity index (χ0n) is 36.5. The second-order valence-corrected chi connectivity index (χ2v) is 17.8. The number of aryl methyl sites for hydroxylation is 1. The Bertz CT molecular complexity index is 2780. The average molecular weight is 925 g/mol. The fourth-order valence-corrected chi connectivity index (χ4v) is 9.45. The number of benzene rings is 3. The van der Waals surface area contributed by atoms with E-state index in [1.54, 1.807) is 70.1 Å². The highest BCUT2D eigenvalue weighted by molar-refractivity contribution is 6.34. The van der Waals surface area contributed by atoms with Crippen LogP contribution in [0.15, 0.2) is 67.0 Å². The molecule has 9 rings (SSSR count). The van der Waals surface area contributed by atoms with Gasteiger partial charge in [-0.1, -0.05) is 17.7 Å². The number of hydrogen-bond donors (Lipinski definition) is 2. The lowest BCUT2D eigenvalue weighted by Crippen LogP contribution is -2.56. The number of aromatic nitrogens is 3. The fraction of sp³-hybridized carbons (Fsp3) is 0.362. The number of carbonyl (C=O) groups excluding carboxylic acids is 5. The molecule has 0 spiro atoms. The van der Waals surface area contributed by atoms with Gasteiger partial charge in [-0.15, -0.1) is 0 Å². The van der Waals surface area contributed by atoms with Crippen LogP contribution in [0, 0.1) is 23.4 Å². The second-order valence-electron chi connectivity index (χ2n) is 17.4. The van der Waals surface area contributed by atoms with Gasteiger partial charge in [-0.25, -0.2) is 18.0 Å². The molecule has 0 atom stereocenters. The molecule has 0 bridgehead atoms. The van der Waals surface area contributed by atoms with E-state index in [0.717, 1.165) is 0 Å². The van der Waals surface area contributed by atoms with E-state index in [-0.39, 0.29) is 93.6 Å². The molecule has 3 fully saturated rings. The van der Waals surface area contributed by atoms with Gasteiger partial charge in [-0.2, -0.15) is 5.10 Å². The van der Waals surface area contributed by atoms with Gasteiger partial charge >= 0.3 is 6.03 Å². The lowest BCUT2D eigenvalue weighted by atomic mass is 9.92. The number of imide groups is 1. The van der Waals surface area contributed by atoms with Crippen molar-refractivity contribution in [1.29, 1.82) is 0 Å². The largest absolute Gasteiger partial charge is 0.367 e. The summed E-state index contributed by atoms with van der Waals surface area (Å²) in [7, 11) is 3.12. The minimum absolute atomic E-state index is 0.0308. The number of halogens is 4. The van der Waals surface area contributed by atoms with Gasteiger partial charge in [0.25, 0.3) is 11.8 Å². The molecule has 0 unspecified atom stereocenters. The van der Waals surface area contributed by atoms with Crippen molar-refractivity contribution in [2.45, 2.75) is 25.8 Å². The molecule has 3 aromatic carbocycles. The predicted octanol–water partition coefficient (Wildman–Crippen LogP) is 5.85. The van der Waals surface area contributed by atoms with Gasteiger partial charge in [0.1, 0.15) is 5.69 Å². The minimum atomic E-state index is -1.11. The standard InChI is InChI=1S/C47H48ClF3N10O5/c1-55(2)46(65)36-23-34-33(22-32(42(50)44(34)53-36)30-5-3-13-58(27-30)40(63)11-15-60-14-4-12-52-60)31-7-9-37(43(51)41(31)49)57-19-17-56(18-20-57)24-28-25-59(26-28)45(64)29-6-8-35(48)38(21-29)61-16-10-39(62)54-47(61)66/h4-9,12,14,21-23,28,53H,3,10-11,13,15-20,24-27H2,1-2H3,(H,54,62,66). The number of rotatable bonds is 11. The van der Waals surface area contributed by atoms with E-state index in [2.05, 4.69) is 20.3 Å². The van der Waals surface area contributed by atoms with Crippen LogP contribution >= 0.6 is 11.6 Å². The van der Waals surface area contributed by atoms with Gasteiger partial charge in [-0.3, -0.25) is 39.0 Å². The van der Waals surface area contributed by atoms with Gasteiger partial charge in [0.2, 0.25) is 11.8 Å². The van der Waals surface area contributed by atoms with Crippen LogP contribution in [0.3, 0.4) is 0 Å². The minimum Gasteiger partial charge on any atom is -0.367 e. The molecule has 0 aliphatic carbocycles. The highest BCUT2D eigenvalue weighted by Gasteiger charge is 2.35. The summed E-state index contributed by atoms with van der Waals surface area (Å²) >= 11 is 6.38. The summed E-state index contributed by atoms with van der Waals surface area (Å²) in [4.78, 5) is 76.8. The molecule has 2 aromatic heterocycles. The van der Waals surface area contributed by atoms with Gasteiger partial charge in [0.05, 0.1) is 21.9 Å². The predicted molar refractivity (Wildman–Crippen MR) is 243 cm³/mol. The number of carbonyl (C=O) groups is 5. The molecule has 0 saturated carbocycles. The Balaban J connectivity index is 0.872. The van der Waals surface area contributed by atoms with Crippen LogP contribution in [0.25, 0.3) is 27.6 Å². The number of anilines is 2. The third-order valence-electron chi connectivity index (χ3n) is 12.8. The van der Waals surface area contributed by atoms with Gasteiger partial charge < -0.3 is 24.6 Å². The molecule has 66 heavy (non-hydrogen) atoms. The lowest BCUT2D eigenvalue weighted by Gasteiger charge is -2.44. The molecule has 6 heterocycles.